The van der Waals surface area contributed by atoms with Crippen LogP contribution >= 0.6 is 0 Å². The van der Waals surface area contributed by atoms with Gasteiger partial charge in [-0.1, -0.05) is 13.8 Å². The summed E-state index contributed by atoms with van der Waals surface area (Å²) in [5.74, 6) is 0.530. The Morgan fingerprint density at radius 3 is 2.53 bits per heavy atom. The van der Waals surface area contributed by atoms with Gasteiger partial charge in [0, 0.05) is 13.2 Å². The molecule has 0 aliphatic rings. The molecule has 1 unspecified atom stereocenters. The smallest absolute Gasteiger partial charge is 0.233 e. The zero-order valence-corrected chi connectivity index (χ0v) is 10.3. The SMILES string of the molecule is CCOC(CCNC(=O)CNC)C(C)C. The van der Waals surface area contributed by atoms with E-state index in [1.165, 1.54) is 0 Å². The molecular formula is C11H24N2O2. The first-order valence-electron chi connectivity index (χ1n) is 5.64. The molecule has 90 valence electrons. The Morgan fingerprint density at radius 1 is 1.40 bits per heavy atom. The molecule has 0 radical (unpaired) electrons. The third-order valence-corrected chi connectivity index (χ3v) is 2.21. The predicted octanol–water partition coefficient (Wildman–Crippen LogP) is 0.773. The van der Waals surface area contributed by atoms with Crippen molar-refractivity contribution in [2.75, 3.05) is 26.7 Å². The van der Waals surface area contributed by atoms with Crippen LogP contribution in [-0.2, 0) is 9.53 Å². The molecule has 0 aromatic heterocycles. The van der Waals surface area contributed by atoms with Gasteiger partial charge < -0.3 is 15.4 Å². The predicted molar refractivity (Wildman–Crippen MR) is 61.8 cm³/mol. The van der Waals surface area contributed by atoms with Crippen molar-refractivity contribution in [3.63, 3.8) is 0 Å². The quantitative estimate of drug-likeness (QED) is 0.630. The number of carbonyl (C=O) groups is 1. The summed E-state index contributed by atoms with van der Waals surface area (Å²) in [7, 11) is 1.76. The average Bonchev–Trinajstić information content (AvgIpc) is 2.16. The second kappa shape index (κ2) is 8.68. The highest BCUT2D eigenvalue weighted by Crippen LogP contribution is 2.09. The number of hydrogen-bond donors (Lipinski definition) is 2. The van der Waals surface area contributed by atoms with Gasteiger partial charge in [-0.25, -0.2) is 0 Å². The van der Waals surface area contributed by atoms with E-state index in [0.717, 1.165) is 13.0 Å². The van der Waals surface area contributed by atoms with Crippen LogP contribution in [0.1, 0.15) is 27.2 Å². The Balaban J connectivity index is 3.66. The van der Waals surface area contributed by atoms with Crippen molar-refractivity contribution < 1.29 is 9.53 Å². The van der Waals surface area contributed by atoms with Crippen molar-refractivity contribution >= 4 is 5.91 Å². The molecule has 0 aromatic carbocycles. The lowest BCUT2D eigenvalue weighted by Gasteiger charge is -2.20. The van der Waals surface area contributed by atoms with Crippen LogP contribution in [0.3, 0.4) is 0 Å². The standard InChI is InChI=1S/C11H24N2O2/c1-5-15-10(9(2)3)6-7-13-11(14)8-12-4/h9-10,12H,5-8H2,1-4H3,(H,13,14). The van der Waals surface area contributed by atoms with E-state index in [-0.39, 0.29) is 12.0 Å². The topological polar surface area (TPSA) is 50.4 Å². The number of amides is 1. The van der Waals surface area contributed by atoms with Crippen molar-refractivity contribution in [2.45, 2.75) is 33.3 Å². The molecule has 0 heterocycles. The maximum Gasteiger partial charge on any atom is 0.233 e. The Hall–Kier alpha value is -0.610. The summed E-state index contributed by atoms with van der Waals surface area (Å²) in [5, 5.41) is 5.66. The highest BCUT2D eigenvalue weighted by atomic mass is 16.5. The molecule has 0 spiro atoms. The van der Waals surface area contributed by atoms with Crippen molar-refractivity contribution in [3.05, 3.63) is 0 Å². The van der Waals surface area contributed by atoms with E-state index in [1.54, 1.807) is 7.05 Å². The largest absolute Gasteiger partial charge is 0.378 e. The summed E-state index contributed by atoms with van der Waals surface area (Å²) in [6, 6.07) is 0. The van der Waals surface area contributed by atoms with Gasteiger partial charge in [-0.05, 0) is 26.3 Å². The maximum absolute atomic E-state index is 11.1. The summed E-state index contributed by atoms with van der Waals surface area (Å²) in [6.07, 6.45) is 1.12. The van der Waals surface area contributed by atoms with E-state index >= 15 is 0 Å². The van der Waals surface area contributed by atoms with Gasteiger partial charge in [0.2, 0.25) is 5.91 Å². The van der Waals surface area contributed by atoms with Crippen LogP contribution in [0, 0.1) is 5.92 Å². The van der Waals surface area contributed by atoms with Gasteiger partial charge in [0.25, 0.3) is 0 Å². The molecule has 1 atom stereocenters. The summed E-state index contributed by atoms with van der Waals surface area (Å²) in [6.45, 7) is 8.05. The van der Waals surface area contributed by atoms with Crippen LogP contribution in [0.2, 0.25) is 0 Å². The lowest BCUT2D eigenvalue weighted by molar-refractivity contribution is -0.120. The molecule has 15 heavy (non-hydrogen) atoms. The second-order valence-electron chi connectivity index (χ2n) is 3.91. The minimum absolute atomic E-state index is 0.0384. The minimum Gasteiger partial charge on any atom is -0.378 e. The highest BCUT2D eigenvalue weighted by Gasteiger charge is 2.12. The van der Waals surface area contributed by atoms with Gasteiger partial charge in [-0.2, -0.15) is 0 Å². The van der Waals surface area contributed by atoms with Crippen LogP contribution in [0.5, 0.6) is 0 Å². The number of carbonyl (C=O) groups excluding carboxylic acids is 1. The summed E-state index contributed by atoms with van der Waals surface area (Å²) < 4.78 is 5.58. The summed E-state index contributed by atoms with van der Waals surface area (Å²) >= 11 is 0. The fourth-order valence-corrected chi connectivity index (χ4v) is 1.40. The summed E-state index contributed by atoms with van der Waals surface area (Å²) in [4.78, 5) is 11.1. The first-order chi connectivity index (χ1) is 7.11. The van der Waals surface area contributed by atoms with Crippen LogP contribution in [0.25, 0.3) is 0 Å². The normalized spacial score (nSPS) is 12.9. The average molecular weight is 216 g/mol. The monoisotopic (exact) mass is 216 g/mol. The molecular weight excluding hydrogens is 192 g/mol. The Labute approximate surface area is 92.8 Å². The molecule has 0 saturated heterocycles. The van der Waals surface area contributed by atoms with Crippen LogP contribution in [0.4, 0.5) is 0 Å². The maximum atomic E-state index is 11.1. The van der Waals surface area contributed by atoms with Gasteiger partial charge in [-0.3, -0.25) is 4.79 Å². The molecule has 4 nitrogen and oxygen atoms in total. The molecule has 0 bridgehead atoms. The van der Waals surface area contributed by atoms with Crippen LogP contribution in [0.15, 0.2) is 0 Å². The highest BCUT2D eigenvalue weighted by molar-refractivity contribution is 5.77. The first kappa shape index (κ1) is 14.4. The zero-order chi connectivity index (χ0) is 11.7. The number of hydrogen-bond acceptors (Lipinski definition) is 3. The fraction of sp³-hybridized carbons (Fsp3) is 0.909. The summed E-state index contributed by atoms with van der Waals surface area (Å²) in [5.41, 5.74) is 0. The molecule has 0 aliphatic carbocycles. The van der Waals surface area contributed by atoms with E-state index in [2.05, 4.69) is 24.5 Å². The van der Waals surface area contributed by atoms with Gasteiger partial charge >= 0.3 is 0 Å². The lowest BCUT2D eigenvalue weighted by atomic mass is 10.0. The van der Waals surface area contributed by atoms with E-state index < -0.39 is 0 Å². The molecule has 1 amide bonds. The van der Waals surface area contributed by atoms with Crippen molar-refractivity contribution in [2.24, 2.45) is 5.92 Å². The van der Waals surface area contributed by atoms with Crippen molar-refractivity contribution in [3.8, 4) is 0 Å². The molecule has 0 aromatic rings. The van der Waals surface area contributed by atoms with E-state index in [4.69, 9.17) is 4.74 Å². The van der Waals surface area contributed by atoms with E-state index in [1.807, 2.05) is 6.92 Å². The molecule has 0 saturated carbocycles. The first-order valence-corrected chi connectivity index (χ1v) is 5.64. The Kier molecular flexibility index (Phi) is 8.33. The zero-order valence-electron chi connectivity index (χ0n) is 10.3. The van der Waals surface area contributed by atoms with Crippen molar-refractivity contribution in [1.82, 2.24) is 10.6 Å². The van der Waals surface area contributed by atoms with Gasteiger partial charge in [0.05, 0.1) is 12.6 Å². The van der Waals surface area contributed by atoms with Gasteiger partial charge in [-0.15, -0.1) is 0 Å². The number of nitrogens with one attached hydrogen (secondary N) is 2. The second-order valence-corrected chi connectivity index (χ2v) is 3.91. The van der Waals surface area contributed by atoms with Gasteiger partial charge in [0.15, 0.2) is 0 Å². The Morgan fingerprint density at radius 2 is 2.07 bits per heavy atom. The fourth-order valence-electron chi connectivity index (χ4n) is 1.40. The van der Waals surface area contributed by atoms with Crippen molar-refractivity contribution in [1.29, 1.82) is 0 Å². The minimum atomic E-state index is 0.0384. The lowest BCUT2D eigenvalue weighted by Crippen LogP contribution is -2.35. The molecule has 2 N–H and O–H groups in total. The van der Waals surface area contributed by atoms with Gasteiger partial charge in [0.1, 0.15) is 0 Å². The number of likely N-dealkylation sites (N-methyl/N-ethyl adjacent to an activating group) is 1. The molecule has 0 aliphatic heterocycles. The van der Waals surface area contributed by atoms with Crippen LogP contribution in [-0.4, -0.2) is 38.8 Å². The molecule has 4 heteroatoms. The van der Waals surface area contributed by atoms with E-state index in [0.29, 0.717) is 19.0 Å². The molecule has 0 rings (SSSR count). The third kappa shape index (κ3) is 7.33. The molecule has 0 fully saturated rings. The number of ether oxygens (including phenoxy) is 1. The number of rotatable bonds is 8. The Bertz CT molecular complexity index is 172. The third-order valence-electron chi connectivity index (χ3n) is 2.21. The van der Waals surface area contributed by atoms with Crippen LogP contribution < -0.4 is 10.6 Å². The van der Waals surface area contributed by atoms with E-state index in [9.17, 15) is 4.79 Å².